The zero-order valence-electron chi connectivity index (χ0n) is 13.1. The van der Waals surface area contributed by atoms with Gasteiger partial charge in [0.2, 0.25) is 0 Å². The van der Waals surface area contributed by atoms with E-state index in [4.69, 9.17) is 23.1 Å². The third kappa shape index (κ3) is 6.14. The van der Waals surface area contributed by atoms with Gasteiger partial charge in [0.25, 0.3) is 10.1 Å². The molecule has 0 amide bonds. The summed E-state index contributed by atoms with van der Waals surface area (Å²) < 4.78 is 49.3. The molecule has 0 spiro atoms. The number of methoxy groups -OCH3 is 1. The minimum atomic E-state index is -3.91. The molecule has 5 atom stereocenters. The highest BCUT2D eigenvalue weighted by molar-refractivity contribution is 14.1. The fraction of sp³-hybridized carbons (Fsp3) is 0.833. The molecule has 0 aromatic heterocycles. The Bertz CT molecular complexity index is 535. The number of alkyl halides is 1. The molecule has 1 fully saturated rings. The van der Waals surface area contributed by atoms with E-state index in [9.17, 15) is 18.0 Å². The monoisotopic (exact) mass is 466 g/mol. The van der Waals surface area contributed by atoms with E-state index in [1.807, 2.05) is 22.6 Å². The van der Waals surface area contributed by atoms with Crippen LogP contribution in [0.1, 0.15) is 13.8 Å². The summed E-state index contributed by atoms with van der Waals surface area (Å²) in [6, 6.07) is 0. The molecular formula is C12H19IO9S. The Morgan fingerprint density at radius 1 is 1.09 bits per heavy atom. The van der Waals surface area contributed by atoms with Crippen LogP contribution in [0.2, 0.25) is 0 Å². The van der Waals surface area contributed by atoms with Crippen LogP contribution in [0.15, 0.2) is 0 Å². The van der Waals surface area contributed by atoms with Crippen molar-refractivity contribution in [2.45, 2.75) is 44.6 Å². The van der Waals surface area contributed by atoms with Crippen LogP contribution < -0.4 is 0 Å². The zero-order chi connectivity index (χ0) is 17.8. The summed E-state index contributed by atoms with van der Waals surface area (Å²) in [4.78, 5) is 22.7. The van der Waals surface area contributed by atoms with Crippen LogP contribution in [0.3, 0.4) is 0 Å². The number of carbonyl (C=O) groups is 2. The van der Waals surface area contributed by atoms with Crippen molar-refractivity contribution in [1.29, 1.82) is 0 Å². The maximum atomic E-state index is 11.5. The quantitative estimate of drug-likeness (QED) is 0.231. The van der Waals surface area contributed by atoms with Crippen LogP contribution in [-0.4, -0.2) is 68.9 Å². The third-order valence-electron chi connectivity index (χ3n) is 2.87. The van der Waals surface area contributed by atoms with E-state index in [2.05, 4.69) is 0 Å². The SMILES string of the molecule is CO[C@H]1O[C@H](CI)[C@@H](OC(C)=O)[C@H](OC(C)=O)[C@H]1OS(C)(=O)=O. The third-order valence-corrected chi connectivity index (χ3v) is 4.31. The van der Waals surface area contributed by atoms with E-state index in [1.165, 1.54) is 14.0 Å². The molecule has 0 bridgehead atoms. The van der Waals surface area contributed by atoms with Crippen LogP contribution in [0.25, 0.3) is 0 Å². The van der Waals surface area contributed by atoms with Crippen molar-refractivity contribution in [2.75, 3.05) is 17.8 Å². The summed E-state index contributed by atoms with van der Waals surface area (Å²) in [5, 5.41) is 0. The van der Waals surface area contributed by atoms with E-state index in [0.29, 0.717) is 4.43 Å². The van der Waals surface area contributed by atoms with Gasteiger partial charge in [-0.15, -0.1) is 0 Å². The first-order valence-electron chi connectivity index (χ1n) is 6.56. The number of carbonyl (C=O) groups excluding carboxylic acids is 2. The van der Waals surface area contributed by atoms with Gasteiger partial charge in [-0.3, -0.25) is 13.8 Å². The Labute approximate surface area is 148 Å². The molecular weight excluding hydrogens is 447 g/mol. The van der Waals surface area contributed by atoms with Crippen molar-refractivity contribution < 1.29 is 41.1 Å². The van der Waals surface area contributed by atoms with Crippen molar-refractivity contribution in [3.8, 4) is 0 Å². The van der Waals surface area contributed by atoms with Gasteiger partial charge in [0.1, 0.15) is 6.10 Å². The molecule has 1 saturated heterocycles. The highest BCUT2D eigenvalue weighted by atomic mass is 127. The van der Waals surface area contributed by atoms with Crippen molar-refractivity contribution >= 4 is 44.6 Å². The number of ether oxygens (including phenoxy) is 4. The lowest BCUT2D eigenvalue weighted by molar-refractivity contribution is -0.283. The zero-order valence-corrected chi connectivity index (χ0v) is 16.0. The molecule has 0 N–H and O–H groups in total. The number of rotatable bonds is 6. The standard InChI is InChI=1S/C12H19IO9S/c1-6(14)19-9-8(5-13)21-12(18-3)11(22-23(4,16)17)10(9)20-7(2)15/h8-12H,5H2,1-4H3/t8-,9-,10+,11-,12+/m1/s1. The second kappa shape index (κ2) is 8.55. The number of esters is 2. The Morgan fingerprint density at radius 3 is 2.00 bits per heavy atom. The Balaban J connectivity index is 3.23. The molecule has 1 rings (SSSR count). The lowest BCUT2D eigenvalue weighted by Gasteiger charge is -2.43. The van der Waals surface area contributed by atoms with Gasteiger partial charge in [0, 0.05) is 25.4 Å². The average Bonchev–Trinajstić information content (AvgIpc) is 2.40. The minimum absolute atomic E-state index is 0.388. The van der Waals surface area contributed by atoms with Crippen molar-refractivity contribution in [1.82, 2.24) is 0 Å². The Morgan fingerprint density at radius 2 is 1.61 bits per heavy atom. The first-order chi connectivity index (χ1) is 10.6. The predicted molar refractivity (Wildman–Crippen MR) is 85.4 cm³/mol. The minimum Gasteiger partial charge on any atom is -0.456 e. The largest absolute Gasteiger partial charge is 0.456 e. The van der Waals surface area contributed by atoms with Gasteiger partial charge in [-0.25, -0.2) is 0 Å². The van der Waals surface area contributed by atoms with Gasteiger partial charge >= 0.3 is 11.9 Å². The topological polar surface area (TPSA) is 114 Å². The molecule has 134 valence electrons. The van der Waals surface area contributed by atoms with Gasteiger partial charge in [-0.05, 0) is 0 Å². The predicted octanol–water partition coefficient (Wildman–Crippen LogP) is 0.000900. The van der Waals surface area contributed by atoms with Crippen molar-refractivity contribution in [3.63, 3.8) is 0 Å². The first-order valence-corrected chi connectivity index (χ1v) is 9.90. The molecule has 0 aliphatic carbocycles. The average molecular weight is 466 g/mol. The molecule has 1 aliphatic rings. The molecule has 23 heavy (non-hydrogen) atoms. The summed E-state index contributed by atoms with van der Waals surface area (Å²) in [6.45, 7) is 2.34. The van der Waals surface area contributed by atoms with Crippen LogP contribution in [0, 0.1) is 0 Å². The van der Waals surface area contributed by atoms with E-state index in [1.54, 1.807) is 0 Å². The van der Waals surface area contributed by atoms with E-state index in [0.717, 1.165) is 13.2 Å². The fourth-order valence-corrected chi connectivity index (χ4v) is 3.47. The van der Waals surface area contributed by atoms with E-state index in [-0.39, 0.29) is 0 Å². The molecule has 0 radical (unpaired) electrons. The fourth-order valence-electron chi connectivity index (χ4n) is 2.16. The summed E-state index contributed by atoms with van der Waals surface area (Å²) in [6.07, 6.45) is -4.44. The highest BCUT2D eigenvalue weighted by Gasteiger charge is 2.51. The van der Waals surface area contributed by atoms with Gasteiger partial charge in [-0.1, -0.05) is 22.6 Å². The van der Waals surface area contributed by atoms with Crippen LogP contribution in [-0.2, 0) is 42.8 Å². The molecule has 1 aliphatic heterocycles. The Hall–Kier alpha value is -0.500. The highest BCUT2D eigenvalue weighted by Crippen LogP contribution is 2.30. The number of halogens is 1. The number of hydrogen-bond acceptors (Lipinski definition) is 9. The van der Waals surface area contributed by atoms with Crippen LogP contribution >= 0.6 is 22.6 Å². The van der Waals surface area contributed by atoms with Gasteiger partial charge < -0.3 is 18.9 Å². The Kier molecular flexibility index (Phi) is 7.64. The summed E-state index contributed by atoms with van der Waals surface area (Å²) >= 11 is 2.00. The molecule has 1 heterocycles. The second-order valence-electron chi connectivity index (χ2n) is 4.85. The van der Waals surface area contributed by atoms with E-state index >= 15 is 0 Å². The number of hydrogen-bond donors (Lipinski definition) is 0. The first kappa shape index (κ1) is 20.5. The lowest BCUT2D eigenvalue weighted by atomic mass is 9.99. The van der Waals surface area contributed by atoms with Gasteiger partial charge in [0.05, 0.1) is 6.26 Å². The maximum absolute atomic E-state index is 11.5. The normalized spacial score (nSPS) is 31.4. The van der Waals surface area contributed by atoms with Crippen LogP contribution in [0.5, 0.6) is 0 Å². The van der Waals surface area contributed by atoms with Crippen molar-refractivity contribution in [3.05, 3.63) is 0 Å². The second-order valence-corrected chi connectivity index (χ2v) is 7.33. The van der Waals surface area contributed by atoms with Gasteiger partial charge in [0.15, 0.2) is 24.6 Å². The molecule has 0 aromatic rings. The van der Waals surface area contributed by atoms with Crippen molar-refractivity contribution in [2.24, 2.45) is 0 Å². The van der Waals surface area contributed by atoms with E-state index < -0.39 is 52.8 Å². The molecule has 9 nitrogen and oxygen atoms in total. The smallest absolute Gasteiger partial charge is 0.303 e. The molecule has 11 heteroatoms. The molecule has 0 unspecified atom stereocenters. The lowest BCUT2D eigenvalue weighted by Crippen LogP contribution is -2.62. The van der Waals surface area contributed by atoms with Gasteiger partial charge in [-0.2, -0.15) is 8.42 Å². The molecule has 0 aromatic carbocycles. The van der Waals surface area contributed by atoms with Crippen LogP contribution in [0.4, 0.5) is 0 Å². The maximum Gasteiger partial charge on any atom is 0.303 e. The summed E-state index contributed by atoms with van der Waals surface area (Å²) in [5.74, 6) is -1.31. The summed E-state index contributed by atoms with van der Waals surface area (Å²) in [5.41, 5.74) is 0. The molecule has 0 saturated carbocycles. The summed E-state index contributed by atoms with van der Waals surface area (Å²) in [7, 11) is -2.61.